The van der Waals surface area contributed by atoms with Crippen LogP contribution < -0.4 is 21.9 Å². The number of anilines is 1. The predicted octanol–water partition coefficient (Wildman–Crippen LogP) is 3.22. The predicted molar refractivity (Wildman–Crippen MR) is 130 cm³/mol. The number of halogens is 3. The largest absolute Gasteiger partial charge is 0.425 e. The highest BCUT2D eigenvalue weighted by Crippen LogP contribution is 2.45. The molecule has 0 aliphatic carbocycles. The number of aromatic nitrogens is 2. The van der Waals surface area contributed by atoms with Gasteiger partial charge in [-0.05, 0) is 35.1 Å². The number of hydrogen-bond donors (Lipinski definition) is 3. The Balaban J connectivity index is 1.78. The Bertz CT molecular complexity index is 1470. The van der Waals surface area contributed by atoms with Gasteiger partial charge in [-0.3, -0.25) is 23.9 Å². The number of fused-ring (bicyclic) bond motifs is 1. The lowest BCUT2D eigenvalue weighted by atomic mass is 9.86. The molecule has 0 spiro atoms. The molecule has 0 saturated carbocycles. The average Bonchev–Trinajstić information content (AvgIpc) is 3.12. The van der Waals surface area contributed by atoms with Crippen LogP contribution in [0.25, 0.3) is 0 Å². The van der Waals surface area contributed by atoms with E-state index in [-0.39, 0.29) is 23.9 Å². The number of alkyl halides is 3. The Morgan fingerprint density at radius 1 is 0.973 bits per heavy atom. The Labute approximate surface area is 209 Å². The Kier molecular flexibility index (Phi) is 6.35. The highest BCUT2D eigenvalue weighted by atomic mass is 19.4. The lowest BCUT2D eigenvalue weighted by Crippen LogP contribution is -2.62. The second kappa shape index (κ2) is 9.06. The number of carbonyl (C=O) groups is 2. The highest BCUT2D eigenvalue weighted by Gasteiger charge is 2.68. The number of hydrogen-bond acceptors (Lipinski definition) is 4. The van der Waals surface area contributed by atoms with E-state index < -0.39 is 46.2 Å². The molecule has 37 heavy (non-hydrogen) atoms. The van der Waals surface area contributed by atoms with E-state index in [0.29, 0.717) is 0 Å². The van der Waals surface area contributed by atoms with E-state index in [2.05, 4.69) is 0 Å². The molecule has 1 atom stereocenters. The Morgan fingerprint density at radius 2 is 1.59 bits per heavy atom. The van der Waals surface area contributed by atoms with Crippen LogP contribution in [0.5, 0.6) is 0 Å². The first kappa shape index (κ1) is 25.9. The molecule has 3 aromatic rings. The van der Waals surface area contributed by atoms with E-state index in [4.69, 9.17) is 0 Å². The van der Waals surface area contributed by atoms with Gasteiger partial charge in [0.05, 0.1) is 0 Å². The molecule has 194 valence electrons. The second-order valence-corrected chi connectivity index (χ2v) is 9.85. The fraction of sp³-hybridized carbons (Fsp3) is 0.308. The smallest absolute Gasteiger partial charge is 0.326 e. The highest BCUT2D eigenvalue weighted by molar-refractivity contribution is 6.09. The van der Waals surface area contributed by atoms with Crippen LogP contribution in [0.15, 0.2) is 64.2 Å². The van der Waals surface area contributed by atoms with Crippen molar-refractivity contribution in [1.29, 1.82) is 0 Å². The van der Waals surface area contributed by atoms with E-state index in [1.165, 1.54) is 12.1 Å². The van der Waals surface area contributed by atoms with Gasteiger partial charge in [0.1, 0.15) is 11.4 Å². The molecule has 8 nitrogen and oxygen atoms in total. The van der Waals surface area contributed by atoms with Crippen molar-refractivity contribution in [3.05, 3.63) is 97.7 Å². The van der Waals surface area contributed by atoms with E-state index in [1.807, 2.05) is 31.1 Å². The number of carbonyl (C=O) groups excluding carboxylic acids is 2. The molecule has 0 fully saturated rings. The van der Waals surface area contributed by atoms with Gasteiger partial charge in [-0.2, -0.15) is 13.2 Å². The topological polar surface area (TPSA) is 113 Å². The molecule has 0 saturated heterocycles. The molecule has 2 amide bonds. The maximum Gasteiger partial charge on any atom is 0.425 e. The van der Waals surface area contributed by atoms with Crippen molar-refractivity contribution in [3.8, 4) is 0 Å². The summed E-state index contributed by atoms with van der Waals surface area (Å²) in [5, 5.41) is 3.80. The van der Waals surface area contributed by atoms with Gasteiger partial charge in [-0.1, -0.05) is 63.2 Å². The minimum absolute atomic E-state index is 0.127. The fourth-order valence-corrected chi connectivity index (χ4v) is 4.29. The van der Waals surface area contributed by atoms with Crippen molar-refractivity contribution in [3.63, 3.8) is 0 Å². The molecule has 1 aliphatic heterocycles. The fourth-order valence-electron chi connectivity index (χ4n) is 4.29. The van der Waals surface area contributed by atoms with Crippen molar-refractivity contribution >= 4 is 17.6 Å². The van der Waals surface area contributed by atoms with Gasteiger partial charge in [-0.15, -0.1) is 0 Å². The molecule has 4 rings (SSSR count). The van der Waals surface area contributed by atoms with E-state index >= 15 is 0 Å². The quantitative estimate of drug-likeness (QED) is 0.485. The molecule has 2 aromatic carbocycles. The van der Waals surface area contributed by atoms with Crippen LogP contribution in [0.1, 0.15) is 47.8 Å². The van der Waals surface area contributed by atoms with Gasteiger partial charge in [0.15, 0.2) is 0 Å². The Morgan fingerprint density at radius 3 is 2.16 bits per heavy atom. The number of benzene rings is 2. The van der Waals surface area contributed by atoms with Gasteiger partial charge < -0.3 is 10.6 Å². The number of nitrogens with zero attached hydrogens (tertiary/aromatic N) is 1. The van der Waals surface area contributed by atoms with Gasteiger partial charge in [-0.25, -0.2) is 4.79 Å². The van der Waals surface area contributed by atoms with Crippen LogP contribution in [0.3, 0.4) is 0 Å². The maximum absolute atomic E-state index is 14.6. The summed E-state index contributed by atoms with van der Waals surface area (Å²) >= 11 is 0. The molecule has 1 aromatic heterocycles. The summed E-state index contributed by atoms with van der Waals surface area (Å²) in [5.74, 6) is -3.49. The van der Waals surface area contributed by atoms with Crippen LogP contribution in [0.4, 0.5) is 19.0 Å². The Hall–Kier alpha value is -4.15. The third kappa shape index (κ3) is 4.56. The first-order valence-corrected chi connectivity index (χ1v) is 11.5. The third-order valence-corrected chi connectivity index (χ3v) is 6.35. The standard InChI is InChI=1S/C26H25F3N4O4/c1-24(2,3)17-11-9-16(10-12-17)20(34)32-25(26(27,28)29)18-19(30-22(25)36)33(23(37)31-21(18)35)14-13-15-7-5-4-6-8-15/h4-12H,13-14H2,1-3H3,(H,30,36)(H,32,34)(H,31,35,37). The molecule has 1 unspecified atom stereocenters. The number of H-pyrrole nitrogens is 1. The molecular weight excluding hydrogens is 489 g/mol. The van der Waals surface area contributed by atoms with Crippen LogP contribution in [0.2, 0.25) is 0 Å². The first-order valence-electron chi connectivity index (χ1n) is 11.5. The van der Waals surface area contributed by atoms with Gasteiger partial charge in [0.2, 0.25) is 0 Å². The molecule has 0 bridgehead atoms. The molecule has 2 heterocycles. The van der Waals surface area contributed by atoms with Crippen LogP contribution in [-0.2, 0) is 28.7 Å². The number of aryl methyl sites for hydroxylation is 1. The maximum atomic E-state index is 14.6. The monoisotopic (exact) mass is 514 g/mol. The summed E-state index contributed by atoms with van der Waals surface area (Å²) in [5.41, 5.74) is -5.95. The minimum Gasteiger partial charge on any atom is -0.326 e. The van der Waals surface area contributed by atoms with Crippen LogP contribution in [-0.4, -0.2) is 27.5 Å². The first-order chi connectivity index (χ1) is 17.3. The van der Waals surface area contributed by atoms with E-state index in [1.54, 1.807) is 47.8 Å². The van der Waals surface area contributed by atoms with Crippen molar-refractivity contribution < 1.29 is 22.8 Å². The van der Waals surface area contributed by atoms with Crippen molar-refractivity contribution in [2.75, 3.05) is 5.32 Å². The van der Waals surface area contributed by atoms with Crippen molar-refractivity contribution in [2.24, 2.45) is 0 Å². The lowest BCUT2D eigenvalue weighted by Gasteiger charge is -2.30. The summed E-state index contributed by atoms with van der Waals surface area (Å²) in [6.45, 7) is 5.68. The number of aromatic amines is 1. The normalized spacial score (nSPS) is 17.3. The minimum atomic E-state index is -5.40. The summed E-state index contributed by atoms with van der Waals surface area (Å²) in [6.07, 6.45) is -5.17. The zero-order valence-corrected chi connectivity index (χ0v) is 20.3. The van der Waals surface area contributed by atoms with Crippen molar-refractivity contribution in [2.45, 2.75) is 50.9 Å². The van der Waals surface area contributed by atoms with Crippen LogP contribution >= 0.6 is 0 Å². The number of amides is 2. The second-order valence-electron chi connectivity index (χ2n) is 9.85. The van der Waals surface area contributed by atoms with Gasteiger partial charge in [0, 0.05) is 12.1 Å². The summed E-state index contributed by atoms with van der Waals surface area (Å²) in [6, 6.07) is 14.7. The zero-order chi connectivity index (χ0) is 27.2. The molecule has 1 aliphatic rings. The average molecular weight is 515 g/mol. The van der Waals surface area contributed by atoms with E-state index in [0.717, 1.165) is 15.7 Å². The van der Waals surface area contributed by atoms with Crippen LogP contribution in [0, 0.1) is 0 Å². The third-order valence-electron chi connectivity index (χ3n) is 6.35. The molecule has 0 radical (unpaired) electrons. The molecular formula is C26H25F3N4O4. The molecule has 11 heteroatoms. The number of nitrogens with one attached hydrogen (secondary N) is 3. The van der Waals surface area contributed by atoms with Gasteiger partial charge >= 0.3 is 11.9 Å². The SMILES string of the molecule is CC(C)(C)c1ccc(C(=O)NC2(C(F)(F)F)C(=O)Nc3c2c(=O)[nH]c(=O)n3CCc2ccccc2)cc1. The summed E-state index contributed by atoms with van der Waals surface area (Å²) in [4.78, 5) is 53.0. The van der Waals surface area contributed by atoms with E-state index in [9.17, 15) is 32.3 Å². The lowest BCUT2D eigenvalue weighted by molar-refractivity contribution is -0.196. The van der Waals surface area contributed by atoms with Crippen molar-refractivity contribution in [1.82, 2.24) is 14.9 Å². The summed E-state index contributed by atoms with van der Waals surface area (Å²) < 4.78 is 44.6. The zero-order valence-electron chi connectivity index (χ0n) is 20.3. The summed E-state index contributed by atoms with van der Waals surface area (Å²) in [7, 11) is 0. The number of rotatable bonds is 5. The van der Waals surface area contributed by atoms with Gasteiger partial charge in [0.25, 0.3) is 22.9 Å². The molecule has 3 N–H and O–H groups in total.